The van der Waals surface area contributed by atoms with Gasteiger partial charge in [0.1, 0.15) is 5.75 Å². The molecule has 0 amide bonds. The van der Waals surface area contributed by atoms with Gasteiger partial charge in [0.15, 0.2) is 5.96 Å². The third kappa shape index (κ3) is 7.97. The topological polar surface area (TPSA) is 75.9 Å². The minimum absolute atomic E-state index is 0. The summed E-state index contributed by atoms with van der Waals surface area (Å²) < 4.78 is 12.8. The van der Waals surface area contributed by atoms with Crippen molar-refractivity contribution < 1.29 is 9.47 Å². The van der Waals surface area contributed by atoms with Gasteiger partial charge in [-0.15, -0.1) is 24.0 Å². The number of aryl methyl sites for hydroxylation is 2. The molecule has 8 nitrogen and oxygen atoms in total. The van der Waals surface area contributed by atoms with Crippen LogP contribution in [-0.4, -0.2) is 74.2 Å². The lowest BCUT2D eigenvalue weighted by atomic mass is 10.0. The van der Waals surface area contributed by atoms with Gasteiger partial charge < -0.3 is 20.1 Å². The van der Waals surface area contributed by atoms with Crippen molar-refractivity contribution in [1.29, 1.82) is 0 Å². The summed E-state index contributed by atoms with van der Waals surface area (Å²) in [6, 6.07) is 8.57. The molecule has 0 saturated carbocycles. The second kappa shape index (κ2) is 13.5. The molecular weight excluding hydrogens is 507 g/mol. The molecule has 9 heteroatoms. The summed E-state index contributed by atoms with van der Waals surface area (Å²) in [5.41, 5.74) is 2.45. The van der Waals surface area contributed by atoms with E-state index in [1.165, 1.54) is 11.1 Å². The van der Waals surface area contributed by atoms with Crippen LogP contribution < -0.4 is 15.4 Å². The zero-order valence-electron chi connectivity index (χ0n) is 18.7. The lowest BCUT2D eigenvalue weighted by molar-refractivity contribution is 0.0170. The van der Waals surface area contributed by atoms with Gasteiger partial charge in [0.2, 0.25) is 0 Å². The van der Waals surface area contributed by atoms with Crippen LogP contribution in [0.3, 0.4) is 0 Å². The number of nitrogens with zero attached hydrogens (tertiary/aromatic N) is 4. The molecule has 0 bridgehead atoms. The van der Waals surface area contributed by atoms with Gasteiger partial charge in [0.05, 0.1) is 32.6 Å². The van der Waals surface area contributed by atoms with Gasteiger partial charge >= 0.3 is 0 Å². The Hall–Kier alpha value is -1.85. The zero-order chi connectivity index (χ0) is 21.2. The number of ether oxygens (including phenoxy) is 2. The molecule has 3 rings (SSSR count). The predicted molar refractivity (Wildman–Crippen MR) is 134 cm³/mol. The van der Waals surface area contributed by atoms with Crippen LogP contribution >= 0.6 is 24.0 Å². The standard InChI is InChI=1S/C22H34N6O2.HI/c1-18-15-26-28(17-18)10-4-9-24-22(23-2)25-16-21(27-11-13-30-14-12-27)19-5-7-20(29-3)8-6-19;/h5-8,15,17,21H,4,9-14,16H2,1-3H3,(H2,23,24,25);1H. The summed E-state index contributed by atoms with van der Waals surface area (Å²) in [6.45, 7) is 7.94. The molecule has 0 radical (unpaired) electrons. The van der Waals surface area contributed by atoms with E-state index in [1.807, 2.05) is 30.1 Å². The van der Waals surface area contributed by atoms with Gasteiger partial charge in [-0.25, -0.2) is 0 Å². The maximum absolute atomic E-state index is 5.55. The average molecular weight is 542 g/mol. The lowest BCUT2D eigenvalue weighted by Gasteiger charge is -2.35. The van der Waals surface area contributed by atoms with E-state index in [0.29, 0.717) is 0 Å². The summed E-state index contributed by atoms with van der Waals surface area (Å²) in [5.74, 6) is 1.69. The first-order valence-electron chi connectivity index (χ1n) is 10.6. The molecule has 0 spiro atoms. The maximum atomic E-state index is 5.55. The Bertz CT molecular complexity index is 790. The number of halogens is 1. The van der Waals surface area contributed by atoms with E-state index in [4.69, 9.17) is 9.47 Å². The summed E-state index contributed by atoms with van der Waals surface area (Å²) in [5, 5.41) is 11.2. The first-order chi connectivity index (χ1) is 14.7. The van der Waals surface area contributed by atoms with E-state index in [2.05, 4.69) is 50.9 Å². The van der Waals surface area contributed by atoms with E-state index in [-0.39, 0.29) is 30.0 Å². The van der Waals surface area contributed by atoms with Gasteiger partial charge in [-0.3, -0.25) is 14.6 Å². The highest BCUT2D eigenvalue weighted by Crippen LogP contribution is 2.23. The Morgan fingerprint density at radius 1 is 1.23 bits per heavy atom. The first-order valence-corrected chi connectivity index (χ1v) is 10.6. The highest BCUT2D eigenvalue weighted by atomic mass is 127. The van der Waals surface area contributed by atoms with Crippen LogP contribution in [0, 0.1) is 6.92 Å². The second-order valence-electron chi connectivity index (χ2n) is 7.45. The van der Waals surface area contributed by atoms with E-state index in [9.17, 15) is 0 Å². The van der Waals surface area contributed by atoms with Crippen molar-refractivity contribution in [2.24, 2.45) is 4.99 Å². The summed E-state index contributed by atoms with van der Waals surface area (Å²) in [6.07, 6.45) is 4.93. The number of hydrogen-bond acceptors (Lipinski definition) is 5. The molecule has 1 unspecified atom stereocenters. The van der Waals surface area contributed by atoms with Crippen molar-refractivity contribution in [3.8, 4) is 5.75 Å². The summed E-state index contributed by atoms with van der Waals surface area (Å²) >= 11 is 0. The van der Waals surface area contributed by atoms with E-state index >= 15 is 0 Å². The SMILES string of the molecule is CN=C(NCCCn1cc(C)cn1)NCC(c1ccc(OC)cc1)N1CCOCC1.I. The monoisotopic (exact) mass is 542 g/mol. The number of hydrogen-bond donors (Lipinski definition) is 2. The fourth-order valence-corrected chi connectivity index (χ4v) is 3.62. The number of benzene rings is 1. The van der Waals surface area contributed by atoms with Gasteiger partial charge in [-0.2, -0.15) is 5.10 Å². The molecule has 1 aliphatic rings. The molecule has 1 atom stereocenters. The Balaban J connectivity index is 0.00000341. The van der Waals surface area contributed by atoms with Gasteiger partial charge in [0, 0.05) is 46.0 Å². The van der Waals surface area contributed by atoms with Crippen molar-refractivity contribution in [3.05, 3.63) is 47.8 Å². The largest absolute Gasteiger partial charge is 0.497 e. The van der Waals surface area contributed by atoms with Crippen molar-refractivity contribution in [2.75, 3.05) is 53.6 Å². The van der Waals surface area contributed by atoms with Crippen molar-refractivity contribution in [1.82, 2.24) is 25.3 Å². The van der Waals surface area contributed by atoms with Crippen LogP contribution in [0.25, 0.3) is 0 Å². The number of rotatable bonds is 9. The Morgan fingerprint density at radius 2 is 1.97 bits per heavy atom. The van der Waals surface area contributed by atoms with Gasteiger partial charge in [0.25, 0.3) is 0 Å². The first kappa shape index (κ1) is 25.4. The van der Waals surface area contributed by atoms with Crippen molar-refractivity contribution in [2.45, 2.75) is 25.9 Å². The summed E-state index contributed by atoms with van der Waals surface area (Å²) in [4.78, 5) is 6.85. The van der Waals surface area contributed by atoms with Crippen LogP contribution in [-0.2, 0) is 11.3 Å². The van der Waals surface area contributed by atoms with Crippen molar-refractivity contribution in [3.63, 3.8) is 0 Å². The Labute approximate surface area is 202 Å². The number of aliphatic imine (C=N–C) groups is 1. The fraction of sp³-hybridized carbons (Fsp3) is 0.545. The second-order valence-corrected chi connectivity index (χ2v) is 7.45. The molecule has 1 aromatic heterocycles. The third-order valence-corrected chi connectivity index (χ3v) is 5.29. The minimum atomic E-state index is 0. The molecule has 31 heavy (non-hydrogen) atoms. The van der Waals surface area contributed by atoms with E-state index < -0.39 is 0 Å². The van der Waals surface area contributed by atoms with Crippen LogP contribution in [0.4, 0.5) is 0 Å². The van der Waals surface area contributed by atoms with Gasteiger partial charge in [-0.05, 0) is 36.6 Å². The zero-order valence-corrected chi connectivity index (χ0v) is 21.0. The van der Waals surface area contributed by atoms with Crippen LogP contribution in [0.5, 0.6) is 5.75 Å². The molecule has 1 fully saturated rings. The molecule has 1 saturated heterocycles. The van der Waals surface area contributed by atoms with Crippen molar-refractivity contribution >= 4 is 29.9 Å². The van der Waals surface area contributed by atoms with Crippen LogP contribution in [0.15, 0.2) is 41.7 Å². The number of morpholine rings is 1. The highest BCUT2D eigenvalue weighted by molar-refractivity contribution is 14.0. The van der Waals surface area contributed by atoms with Gasteiger partial charge in [-0.1, -0.05) is 12.1 Å². The molecule has 172 valence electrons. The molecular formula is C22H35IN6O2. The Kier molecular flexibility index (Phi) is 11.1. The predicted octanol–water partition coefficient (Wildman–Crippen LogP) is 2.45. The highest BCUT2D eigenvalue weighted by Gasteiger charge is 2.23. The minimum Gasteiger partial charge on any atom is -0.497 e. The van der Waals surface area contributed by atoms with Crippen LogP contribution in [0.2, 0.25) is 0 Å². The quantitative estimate of drug-likeness (QED) is 0.220. The fourth-order valence-electron chi connectivity index (χ4n) is 3.62. The van der Waals surface area contributed by atoms with Crippen LogP contribution in [0.1, 0.15) is 23.6 Å². The Morgan fingerprint density at radius 3 is 2.58 bits per heavy atom. The molecule has 2 heterocycles. The van der Waals surface area contributed by atoms with E-state index in [1.54, 1.807) is 7.11 Å². The molecule has 2 N–H and O–H groups in total. The normalized spacial score (nSPS) is 15.8. The smallest absolute Gasteiger partial charge is 0.191 e. The third-order valence-electron chi connectivity index (χ3n) is 5.29. The molecule has 2 aromatic rings. The molecule has 1 aromatic carbocycles. The molecule has 0 aliphatic carbocycles. The number of nitrogens with one attached hydrogen (secondary N) is 2. The number of guanidine groups is 1. The average Bonchev–Trinajstić information content (AvgIpc) is 3.21. The number of methoxy groups -OCH3 is 1. The number of aromatic nitrogens is 2. The van der Waals surface area contributed by atoms with E-state index in [0.717, 1.165) is 64.1 Å². The lowest BCUT2D eigenvalue weighted by Crippen LogP contribution is -2.46. The summed E-state index contributed by atoms with van der Waals surface area (Å²) in [7, 11) is 3.50. The maximum Gasteiger partial charge on any atom is 0.191 e. The molecule has 1 aliphatic heterocycles.